The third-order valence-corrected chi connectivity index (χ3v) is 5.13. The van der Waals surface area contributed by atoms with Crippen LogP contribution in [-0.2, 0) is 6.42 Å². The Kier molecular flexibility index (Phi) is 5.87. The predicted molar refractivity (Wildman–Crippen MR) is 92.7 cm³/mol. The van der Waals surface area contributed by atoms with Crippen molar-refractivity contribution in [2.75, 3.05) is 6.54 Å². The molecule has 118 valence electrons. The first-order valence-electron chi connectivity index (χ1n) is 8.84. The van der Waals surface area contributed by atoms with Crippen molar-refractivity contribution in [3.05, 3.63) is 35.4 Å². The molecule has 1 fully saturated rings. The number of hydrogen-bond acceptors (Lipinski definition) is 1. The standard InChI is InChI=1S/C20H33N/c1-5-21-19(14-18-10-8-9-17(4)13-18)20(15-16(2)3)11-6-7-12-20/h8-10,13,16,19,21H,5-7,11-12,14-15H2,1-4H3. The van der Waals surface area contributed by atoms with Gasteiger partial charge >= 0.3 is 0 Å². The molecule has 0 spiro atoms. The second kappa shape index (κ2) is 7.45. The van der Waals surface area contributed by atoms with Gasteiger partial charge in [0.25, 0.3) is 0 Å². The summed E-state index contributed by atoms with van der Waals surface area (Å²) in [5, 5.41) is 3.84. The molecule has 0 aliphatic heterocycles. The van der Waals surface area contributed by atoms with Gasteiger partial charge in [0.2, 0.25) is 0 Å². The summed E-state index contributed by atoms with van der Waals surface area (Å²) in [6.45, 7) is 10.3. The van der Waals surface area contributed by atoms with Gasteiger partial charge in [-0.2, -0.15) is 0 Å². The Labute approximate surface area is 131 Å². The Morgan fingerprint density at radius 3 is 2.48 bits per heavy atom. The van der Waals surface area contributed by atoms with Crippen molar-refractivity contribution in [2.45, 2.75) is 72.3 Å². The normalized spacial score (nSPS) is 19.1. The SMILES string of the molecule is CCNC(Cc1cccc(C)c1)C1(CC(C)C)CCCC1. The molecule has 1 nitrogen and oxygen atoms in total. The maximum absolute atomic E-state index is 3.84. The molecule has 1 atom stereocenters. The van der Waals surface area contributed by atoms with Crippen molar-refractivity contribution in [1.29, 1.82) is 0 Å². The molecule has 21 heavy (non-hydrogen) atoms. The van der Waals surface area contributed by atoms with Crippen LogP contribution in [0.25, 0.3) is 0 Å². The van der Waals surface area contributed by atoms with E-state index in [4.69, 9.17) is 0 Å². The summed E-state index contributed by atoms with van der Waals surface area (Å²) in [6.07, 6.45) is 8.22. The first kappa shape index (κ1) is 16.5. The zero-order valence-electron chi connectivity index (χ0n) is 14.4. The fraction of sp³-hybridized carbons (Fsp3) is 0.700. The Morgan fingerprint density at radius 1 is 1.19 bits per heavy atom. The molecule has 1 heteroatoms. The maximum atomic E-state index is 3.84. The van der Waals surface area contributed by atoms with Crippen LogP contribution in [0.2, 0.25) is 0 Å². The molecule has 0 saturated heterocycles. The summed E-state index contributed by atoms with van der Waals surface area (Å²) in [4.78, 5) is 0. The van der Waals surface area contributed by atoms with E-state index in [2.05, 4.69) is 57.3 Å². The Balaban J connectivity index is 2.19. The van der Waals surface area contributed by atoms with Gasteiger partial charge in [-0.15, -0.1) is 0 Å². The van der Waals surface area contributed by atoms with Gasteiger partial charge in [-0.05, 0) is 56.0 Å². The minimum absolute atomic E-state index is 0.522. The van der Waals surface area contributed by atoms with Crippen LogP contribution in [0.4, 0.5) is 0 Å². The summed E-state index contributed by atoms with van der Waals surface area (Å²) < 4.78 is 0. The minimum Gasteiger partial charge on any atom is -0.313 e. The molecule has 0 aromatic heterocycles. The number of rotatable bonds is 7. The van der Waals surface area contributed by atoms with E-state index in [-0.39, 0.29) is 0 Å². The maximum Gasteiger partial charge on any atom is 0.0164 e. The van der Waals surface area contributed by atoms with Gasteiger partial charge in [0, 0.05) is 6.04 Å². The number of hydrogen-bond donors (Lipinski definition) is 1. The highest BCUT2D eigenvalue weighted by Gasteiger charge is 2.40. The van der Waals surface area contributed by atoms with Gasteiger partial charge in [0.1, 0.15) is 0 Å². The molecule has 1 aromatic rings. The first-order chi connectivity index (χ1) is 10.1. The minimum atomic E-state index is 0.522. The Hall–Kier alpha value is -0.820. The summed E-state index contributed by atoms with van der Waals surface area (Å²) in [7, 11) is 0. The van der Waals surface area contributed by atoms with Gasteiger partial charge in [0.05, 0.1) is 0 Å². The van der Waals surface area contributed by atoms with Crippen molar-refractivity contribution in [2.24, 2.45) is 11.3 Å². The highest BCUT2D eigenvalue weighted by molar-refractivity contribution is 5.23. The van der Waals surface area contributed by atoms with Gasteiger partial charge in [-0.1, -0.05) is 63.4 Å². The van der Waals surface area contributed by atoms with Crippen LogP contribution < -0.4 is 5.32 Å². The fourth-order valence-corrected chi connectivity index (χ4v) is 4.41. The fourth-order valence-electron chi connectivity index (χ4n) is 4.41. The van der Waals surface area contributed by atoms with Crippen molar-refractivity contribution in [1.82, 2.24) is 5.32 Å². The largest absolute Gasteiger partial charge is 0.313 e. The van der Waals surface area contributed by atoms with Crippen molar-refractivity contribution >= 4 is 0 Å². The van der Waals surface area contributed by atoms with E-state index in [1.54, 1.807) is 0 Å². The molecule has 2 rings (SSSR count). The van der Waals surface area contributed by atoms with Crippen LogP contribution in [-0.4, -0.2) is 12.6 Å². The molecule has 0 bridgehead atoms. The molecule has 1 aromatic carbocycles. The number of likely N-dealkylation sites (N-methyl/N-ethyl adjacent to an activating group) is 1. The molecular weight excluding hydrogens is 254 g/mol. The summed E-state index contributed by atoms with van der Waals surface area (Å²) in [5.74, 6) is 0.793. The van der Waals surface area contributed by atoms with Gasteiger partial charge < -0.3 is 5.32 Å². The van der Waals surface area contributed by atoms with Crippen LogP contribution in [0.3, 0.4) is 0 Å². The van der Waals surface area contributed by atoms with Crippen molar-refractivity contribution < 1.29 is 0 Å². The molecular formula is C20H33N. The molecule has 1 N–H and O–H groups in total. The molecule has 1 saturated carbocycles. The second-order valence-electron chi connectivity index (χ2n) is 7.47. The van der Waals surface area contributed by atoms with E-state index in [1.165, 1.54) is 49.7 Å². The molecule has 0 amide bonds. The topological polar surface area (TPSA) is 12.0 Å². The molecule has 0 heterocycles. The summed E-state index contributed by atoms with van der Waals surface area (Å²) >= 11 is 0. The van der Waals surface area contributed by atoms with Crippen LogP contribution >= 0.6 is 0 Å². The monoisotopic (exact) mass is 287 g/mol. The quantitative estimate of drug-likeness (QED) is 0.733. The van der Waals surface area contributed by atoms with Crippen LogP contribution in [0.15, 0.2) is 24.3 Å². The molecule has 0 radical (unpaired) electrons. The van der Waals surface area contributed by atoms with E-state index < -0.39 is 0 Å². The average Bonchev–Trinajstić information content (AvgIpc) is 2.87. The zero-order valence-corrected chi connectivity index (χ0v) is 14.4. The van der Waals surface area contributed by atoms with Gasteiger partial charge in [0.15, 0.2) is 0 Å². The lowest BCUT2D eigenvalue weighted by Crippen LogP contribution is -2.46. The predicted octanol–water partition coefficient (Wildman–Crippen LogP) is 5.12. The second-order valence-corrected chi connectivity index (χ2v) is 7.47. The molecule has 1 unspecified atom stereocenters. The van der Waals surface area contributed by atoms with Crippen LogP contribution in [0.5, 0.6) is 0 Å². The van der Waals surface area contributed by atoms with E-state index in [0.29, 0.717) is 11.5 Å². The van der Waals surface area contributed by atoms with Gasteiger partial charge in [-0.3, -0.25) is 0 Å². The van der Waals surface area contributed by atoms with Gasteiger partial charge in [-0.25, -0.2) is 0 Å². The lowest BCUT2D eigenvalue weighted by Gasteiger charge is -2.40. The average molecular weight is 287 g/mol. The Morgan fingerprint density at radius 2 is 1.90 bits per heavy atom. The third kappa shape index (κ3) is 4.32. The van der Waals surface area contributed by atoms with E-state index in [0.717, 1.165) is 12.5 Å². The summed E-state index contributed by atoms with van der Waals surface area (Å²) in [5.41, 5.74) is 3.40. The van der Waals surface area contributed by atoms with Crippen molar-refractivity contribution in [3.8, 4) is 0 Å². The van der Waals surface area contributed by atoms with Crippen molar-refractivity contribution in [3.63, 3.8) is 0 Å². The zero-order chi connectivity index (χ0) is 15.3. The van der Waals surface area contributed by atoms with E-state index >= 15 is 0 Å². The lowest BCUT2D eigenvalue weighted by atomic mass is 9.70. The highest BCUT2D eigenvalue weighted by Crippen LogP contribution is 2.46. The third-order valence-electron chi connectivity index (χ3n) is 5.13. The Bertz CT molecular complexity index is 429. The molecule has 1 aliphatic rings. The first-order valence-corrected chi connectivity index (χ1v) is 8.84. The molecule has 1 aliphatic carbocycles. The van der Waals surface area contributed by atoms with Crippen LogP contribution in [0, 0.1) is 18.3 Å². The highest BCUT2D eigenvalue weighted by atomic mass is 14.9. The van der Waals surface area contributed by atoms with E-state index in [1.807, 2.05) is 0 Å². The summed E-state index contributed by atoms with van der Waals surface area (Å²) in [6, 6.07) is 9.70. The number of benzene rings is 1. The van der Waals surface area contributed by atoms with Crippen LogP contribution in [0.1, 0.15) is 64.0 Å². The smallest absolute Gasteiger partial charge is 0.0164 e. The number of nitrogens with one attached hydrogen (secondary N) is 1. The lowest BCUT2D eigenvalue weighted by molar-refractivity contribution is 0.155. The van der Waals surface area contributed by atoms with E-state index in [9.17, 15) is 0 Å². The number of aryl methyl sites for hydroxylation is 1.